The molecule has 1 unspecified atom stereocenters. The molecule has 9 nitrogen and oxygen atoms in total. The Morgan fingerprint density at radius 2 is 1.96 bits per heavy atom. The first-order valence-electron chi connectivity index (χ1n) is 7.79. The van der Waals surface area contributed by atoms with Crippen LogP contribution < -0.4 is 10.6 Å². The highest BCUT2D eigenvalue weighted by atomic mass is 16.2. The van der Waals surface area contributed by atoms with Crippen molar-refractivity contribution in [1.82, 2.24) is 15.1 Å². The third kappa shape index (κ3) is 4.06. The lowest BCUT2D eigenvalue weighted by Crippen LogP contribution is -2.40. The van der Waals surface area contributed by atoms with Crippen molar-refractivity contribution >= 4 is 35.2 Å². The van der Waals surface area contributed by atoms with Crippen molar-refractivity contribution in [3.63, 3.8) is 0 Å². The van der Waals surface area contributed by atoms with Gasteiger partial charge in [-0.2, -0.15) is 14.8 Å². The van der Waals surface area contributed by atoms with Crippen molar-refractivity contribution in [2.75, 3.05) is 5.32 Å². The second-order valence-corrected chi connectivity index (χ2v) is 5.71. The Kier molecular flexibility index (Phi) is 5.26. The first kappa shape index (κ1) is 18.2. The molecule has 2 rings (SSSR count). The second kappa shape index (κ2) is 7.20. The molecular formula is C16H20N6O3. The van der Waals surface area contributed by atoms with Gasteiger partial charge in [0.05, 0.1) is 17.0 Å². The van der Waals surface area contributed by atoms with Gasteiger partial charge in [-0.15, -0.1) is 0 Å². The normalized spacial score (nSPS) is 15.4. The lowest BCUT2D eigenvalue weighted by Gasteiger charge is -2.13. The smallest absolute Gasteiger partial charge is 0.314 e. The molecule has 2 N–H and O–H groups in total. The minimum Gasteiger partial charge on any atom is -0.345 e. The number of nitrogens with one attached hydrogen (secondary N) is 2. The van der Waals surface area contributed by atoms with Crippen LogP contribution in [0.2, 0.25) is 0 Å². The highest BCUT2D eigenvalue weighted by Gasteiger charge is 2.23. The van der Waals surface area contributed by atoms with Crippen LogP contribution in [0.4, 0.5) is 5.82 Å². The van der Waals surface area contributed by atoms with Gasteiger partial charge in [0.2, 0.25) is 0 Å². The molecule has 1 aliphatic rings. The van der Waals surface area contributed by atoms with Gasteiger partial charge in [-0.05, 0) is 27.2 Å². The van der Waals surface area contributed by atoms with Crippen LogP contribution in [0, 0.1) is 6.92 Å². The highest BCUT2D eigenvalue weighted by molar-refractivity contribution is 6.39. The van der Waals surface area contributed by atoms with E-state index in [1.54, 1.807) is 26.8 Å². The molecule has 0 aliphatic carbocycles. The number of amides is 3. The SMILES string of the molecule is C=C1C(=O)N=C(n2nc(C)cc2NC(=O)C(=O)NC(C)CC)N=C1C. The Bertz CT molecular complexity index is 818. The molecule has 0 saturated heterocycles. The number of aromatic nitrogens is 2. The van der Waals surface area contributed by atoms with Crippen molar-refractivity contribution in [1.29, 1.82) is 0 Å². The molecule has 0 saturated carbocycles. The minimum absolute atomic E-state index is 0.000587. The molecule has 0 bridgehead atoms. The first-order valence-corrected chi connectivity index (χ1v) is 7.79. The zero-order valence-corrected chi connectivity index (χ0v) is 14.6. The molecule has 0 aromatic carbocycles. The summed E-state index contributed by atoms with van der Waals surface area (Å²) < 4.78 is 1.21. The van der Waals surface area contributed by atoms with Crippen molar-refractivity contribution in [2.24, 2.45) is 9.98 Å². The number of rotatable bonds is 3. The number of hydrogen-bond donors (Lipinski definition) is 2. The van der Waals surface area contributed by atoms with Crippen LogP contribution in [0.1, 0.15) is 32.9 Å². The fourth-order valence-corrected chi connectivity index (χ4v) is 1.96. The van der Waals surface area contributed by atoms with Gasteiger partial charge in [0.15, 0.2) is 0 Å². The number of carbonyl (C=O) groups excluding carboxylic acids is 3. The van der Waals surface area contributed by atoms with E-state index in [2.05, 4.69) is 32.3 Å². The van der Waals surface area contributed by atoms with E-state index in [-0.39, 0.29) is 23.4 Å². The van der Waals surface area contributed by atoms with E-state index in [9.17, 15) is 14.4 Å². The zero-order valence-electron chi connectivity index (χ0n) is 14.6. The van der Waals surface area contributed by atoms with E-state index >= 15 is 0 Å². The molecule has 1 aromatic rings. The number of aliphatic imine (C=N–C) groups is 2. The lowest BCUT2D eigenvalue weighted by molar-refractivity contribution is -0.136. The molecular weight excluding hydrogens is 324 g/mol. The summed E-state index contributed by atoms with van der Waals surface area (Å²) in [5.41, 5.74) is 1.17. The van der Waals surface area contributed by atoms with E-state index in [0.717, 1.165) is 0 Å². The maximum atomic E-state index is 12.1. The van der Waals surface area contributed by atoms with Crippen LogP contribution in [-0.2, 0) is 14.4 Å². The summed E-state index contributed by atoms with van der Waals surface area (Å²) >= 11 is 0. The molecule has 0 spiro atoms. The van der Waals surface area contributed by atoms with E-state index < -0.39 is 17.7 Å². The molecule has 0 radical (unpaired) electrons. The predicted molar refractivity (Wildman–Crippen MR) is 93.6 cm³/mol. The largest absolute Gasteiger partial charge is 0.345 e. The van der Waals surface area contributed by atoms with Gasteiger partial charge in [0.25, 0.3) is 11.9 Å². The van der Waals surface area contributed by atoms with Crippen LogP contribution in [0.25, 0.3) is 0 Å². The average Bonchev–Trinajstić information content (AvgIpc) is 2.92. The Hall–Kier alpha value is -3.10. The number of nitrogens with zero attached hydrogens (tertiary/aromatic N) is 4. The van der Waals surface area contributed by atoms with Crippen molar-refractivity contribution in [3.05, 3.63) is 23.9 Å². The van der Waals surface area contributed by atoms with E-state index in [4.69, 9.17) is 0 Å². The van der Waals surface area contributed by atoms with Crippen LogP contribution in [0.5, 0.6) is 0 Å². The fourth-order valence-electron chi connectivity index (χ4n) is 1.96. The Labute approximate surface area is 144 Å². The maximum Gasteiger partial charge on any atom is 0.314 e. The van der Waals surface area contributed by atoms with Crippen molar-refractivity contribution in [2.45, 2.75) is 40.2 Å². The monoisotopic (exact) mass is 344 g/mol. The molecule has 1 aliphatic heterocycles. The van der Waals surface area contributed by atoms with Crippen LogP contribution in [0.3, 0.4) is 0 Å². The molecule has 2 heterocycles. The fraction of sp³-hybridized carbons (Fsp3) is 0.375. The zero-order chi connectivity index (χ0) is 18.7. The molecule has 9 heteroatoms. The van der Waals surface area contributed by atoms with E-state index in [0.29, 0.717) is 17.8 Å². The Morgan fingerprint density at radius 3 is 2.56 bits per heavy atom. The molecule has 1 atom stereocenters. The molecule has 25 heavy (non-hydrogen) atoms. The third-order valence-electron chi connectivity index (χ3n) is 3.62. The standard InChI is InChI=1S/C16H20N6O3/c1-6-8(2)17-14(24)15(25)19-12-7-9(3)21-22(12)16-18-11(5)10(4)13(23)20-16/h7-8H,4,6H2,1-3,5H3,(H,17,24)(H,19,25). The van der Waals surface area contributed by atoms with Crippen LogP contribution >= 0.6 is 0 Å². The topological polar surface area (TPSA) is 118 Å². The summed E-state index contributed by atoms with van der Waals surface area (Å²) in [5.74, 6) is -1.93. The third-order valence-corrected chi connectivity index (χ3v) is 3.62. The number of anilines is 1. The maximum absolute atomic E-state index is 12.1. The summed E-state index contributed by atoms with van der Waals surface area (Å²) in [6.45, 7) is 10.6. The van der Waals surface area contributed by atoms with Gasteiger partial charge in [0, 0.05) is 12.1 Å². The van der Waals surface area contributed by atoms with Gasteiger partial charge in [-0.3, -0.25) is 14.4 Å². The molecule has 3 amide bonds. The summed E-state index contributed by atoms with van der Waals surface area (Å²) in [7, 11) is 0. The summed E-state index contributed by atoms with van der Waals surface area (Å²) in [6, 6.07) is 1.43. The molecule has 0 fully saturated rings. The Morgan fingerprint density at radius 1 is 1.28 bits per heavy atom. The average molecular weight is 344 g/mol. The summed E-state index contributed by atoms with van der Waals surface area (Å²) in [4.78, 5) is 43.8. The molecule has 132 valence electrons. The minimum atomic E-state index is -0.839. The van der Waals surface area contributed by atoms with Crippen molar-refractivity contribution in [3.8, 4) is 0 Å². The van der Waals surface area contributed by atoms with Gasteiger partial charge < -0.3 is 10.6 Å². The number of aryl methyl sites for hydroxylation is 1. The molecule has 1 aromatic heterocycles. The van der Waals surface area contributed by atoms with Gasteiger partial charge in [-0.25, -0.2) is 4.99 Å². The second-order valence-electron chi connectivity index (χ2n) is 5.71. The van der Waals surface area contributed by atoms with Crippen LogP contribution in [0.15, 0.2) is 28.2 Å². The van der Waals surface area contributed by atoms with Crippen LogP contribution in [-0.4, -0.2) is 45.2 Å². The highest BCUT2D eigenvalue weighted by Crippen LogP contribution is 2.14. The van der Waals surface area contributed by atoms with Crippen molar-refractivity contribution < 1.29 is 14.4 Å². The quantitative estimate of drug-likeness (QED) is 0.623. The predicted octanol–water partition coefficient (Wildman–Crippen LogP) is 0.806. The van der Waals surface area contributed by atoms with Gasteiger partial charge in [0.1, 0.15) is 5.82 Å². The summed E-state index contributed by atoms with van der Waals surface area (Å²) in [5, 5.41) is 9.20. The van der Waals surface area contributed by atoms with E-state index in [1.165, 1.54) is 4.68 Å². The number of carbonyl (C=O) groups is 3. The Balaban J connectivity index is 2.26. The van der Waals surface area contributed by atoms with Gasteiger partial charge in [-0.1, -0.05) is 13.5 Å². The first-order chi connectivity index (χ1) is 11.7. The summed E-state index contributed by atoms with van der Waals surface area (Å²) in [6.07, 6.45) is 0.701. The van der Waals surface area contributed by atoms with Gasteiger partial charge >= 0.3 is 11.8 Å². The number of hydrogen-bond acceptors (Lipinski definition) is 5. The van der Waals surface area contributed by atoms with E-state index in [1.807, 2.05) is 6.92 Å². The lowest BCUT2D eigenvalue weighted by atomic mass is 10.2.